The van der Waals surface area contributed by atoms with Crippen LogP contribution in [-0.4, -0.2) is 22.4 Å². The summed E-state index contributed by atoms with van der Waals surface area (Å²) in [6, 6.07) is 6.62. The first-order valence-electron chi connectivity index (χ1n) is 5.86. The number of aromatic nitrogens is 1. The number of carbonyl (C=O) groups is 1. The molecular weight excluding hydrogens is 287 g/mol. The van der Waals surface area contributed by atoms with Crippen LogP contribution < -0.4 is 4.74 Å². The molecule has 21 heavy (non-hydrogen) atoms. The summed E-state index contributed by atoms with van der Waals surface area (Å²) in [6.07, 6.45) is -1.69. The third kappa shape index (κ3) is 4.20. The van der Waals surface area contributed by atoms with E-state index in [1.165, 1.54) is 42.7 Å². The van der Waals surface area contributed by atoms with Crippen molar-refractivity contribution in [3.8, 4) is 5.75 Å². The molecule has 0 fully saturated rings. The van der Waals surface area contributed by atoms with Gasteiger partial charge >= 0.3 is 12.3 Å². The van der Waals surface area contributed by atoms with E-state index >= 15 is 0 Å². The van der Waals surface area contributed by atoms with E-state index in [2.05, 4.69) is 9.72 Å². The number of aromatic carboxylic acids is 1. The smallest absolute Gasteiger partial charge is 0.478 e. The predicted octanol–water partition coefficient (Wildman–Crippen LogP) is 3.27. The summed E-state index contributed by atoms with van der Waals surface area (Å²) in [7, 11) is 0. The molecule has 0 spiro atoms. The lowest BCUT2D eigenvalue weighted by Gasteiger charge is -2.10. The normalized spacial score (nSPS) is 11.2. The Labute approximate surface area is 117 Å². The molecule has 2 rings (SSSR count). The van der Waals surface area contributed by atoms with Crippen LogP contribution in [0.5, 0.6) is 5.75 Å². The van der Waals surface area contributed by atoms with Gasteiger partial charge in [-0.1, -0.05) is 12.1 Å². The van der Waals surface area contributed by atoms with Gasteiger partial charge in [0.05, 0.1) is 5.56 Å². The summed E-state index contributed by atoms with van der Waals surface area (Å²) in [5.41, 5.74) is 1.25. The molecule has 1 aromatic carbocycles. The molecule has 0 atom stereocenters. The number of rotatable bonds is 4. The molecule has 0 saturated carbocycles. The third-order valence-electron chi connectivity index (χ3n) is 2.69. The van der Waals surface area contributed by atoms with Crippen molar-refractivity contribution in [3.05, 3.63) is 59.4 Å². The van der Waals surface area contributed by atoms with Crippen LogP contribution in [0.3, 0.4) is 0 Å². The molecule has 0 bridgehead atoms. The topological polar surface area (TPSA) is 59.4 Å². The van der Waals surface area contributed by atoms with Gasteiger partial charge in [0.25, 0.3) is 0 Å². The number of carboxylic acid groups (broad SMARTS) is 1. The van der Waals surface area contributed by atoms with Crippen molar-refractivity contribution in [3.63, 3.8) is 0 Å². The molecular formula is C14H10F3NO3. The average Bonchev–Trinajstić information content (AvgIpc) is 2.40. The number of alkyl halides is 3. The van der Waals surface area contributed by atoms with Gasteiger partial charge in [-0.15, -0.1) is 13.2 Å². The van der Waals surface area contributed by atoms with Gasteiger partial charge in [-0.05, 0) is 35.7 Å². The number of hydrogen-bond acceptors (Lipinski definition) is 3. The van der Waals surface area contributed by atoms with Crippen molar-refractivity contribution in [1.29, 1.82) is 0 Å². The number of pyridine rings is 1. The zero-order valence-corrected chi connectivity index (χ0v) is 10.6. The molecule has 110 valence electrons. The van der Waals surface area contributed by atoms with Crippen LogP contribution in [0.15, 0.2) is 42.7 Å². The molecule has 4 nitrogen and oxygen atoms in total. The lowest BCUT2D eigenvalue weighted by atomic mass is 10.0. The summed E-state index contributed by atoms with van der Waals surface area (Å²) in [5, 5.41) is 9.04. The second kappa shape index (κ2) is 5.82. The Bertz CT molecular complexity index is 639. The molecule has 0 saturated heterocycles. The number of hydrogen-bond donors (Lipinski definition) is 1. The van der Waals surface area contributed by atoms with E-state index in [0.717, 1.165) is 0 Å². The SMILES string of the molecule is O=C(O)c1ccncc1Cc1ccc(OC(F)(F)F)cc1. The van der Waals surface area contributed by atoms with Crippen LogP contribution in [0.4, 0.5) is 13.2 Å². The summed E-state index contributed by atoms with van der Waals surface area (Å²) in [4.78, 5) is 14.9. The fourth-order valence-corrected chi connectivity index (χ4v) is 1.81. The van der Waals surface area contributed by atoms with E-state index in [0.29, 0.717) is 11.1 Å². The van der Waals surface area contributed by atoms with Gasteiger partial charge in [-0.3, -0.25) is 4.98 Å². The van der Waals surface area contributed by atoms with Crippen molar-refractivity contribution < 1.29 is 27.8 Å². The fourth-order valence-electron chi connectivity index (χ4n) is 1.81. The van der Waals surface area contributed by atoms with Gasteiger partial charge in [0, 0.05) is 12.4 Å². The minimum absolute atomic E-state index is 0.112. The summed E-state index contributed by atoms with van der Waals surface area (Å²) < 4.78 is 39.9. The van der Waals surface area contributed by atoms with Crippen LogP contribution in [0.2, 0.25) is 0 Å². The van der Waals surface area contributed by atoms with Crippen molar-refractivity contribution in [2.75, 3.05) is 0 Å². The van der Waals surface area contributed by atoms with Crippen molar-refractivity contribution in [1.82, 2.24) is 4.98 Å². The van der Waals surface area contributed by atoms with E-state index in [1.54, 1.807) is 0 Å². The molecule has 0 radical (unpaired) electrons. The molecule has 7 heteroatoms. The molecule has 0 unspecified atom stereocenters. The first kappa shape index (κ1) is 14.8. The molecule has 2 aromatic rings. The molecule has 0 aliphatic rings. The molecule has 1 heterocycles. The maximum Gasteiger partial charge on any atom is 0.573 e. The highest BCUT2D eigenvalue weighted by Gasteiger charge is 2.30. The number of nitrogens with zero attached hydrogens (tertiary/aromatic N) is 1. The van der Waals surface area contributed by atoms with E-state index in [4.69, 9.17) is 5.11 Å². The second-order valence-electron chi connectivity index (χ2n) is 4.21. The van der Waals surface area contributed by atoms with Gasteiger partial charge in [0.15, 0.2) is 0 Å². The zero-order valence-electron chi connectivity index (χ0n) is 10.6. The van der Waals surface area contributed by atoms with Crippen molar-refractivity contribution >= 4 is 5.97 Å². The number of carboxylic acids is 1. The van der Waals surface area contributed by atoms with Crippen LogP contribution in [0.1, 0.15) is 21.5 Å². The summed E-state index contributed by atoms with van der Waals surface area (Å²) >= 11 is 0. The summed E-state index contributed by atoms with van der Waals surface area (Å²) in [6.45, 7) is 0. The fraction of sp³-hybridized carbons (Fsp3) is 0.143. The monoisotopic (exact) mass is 297 g/mol. The Kier molecular flexibility index (Phi) is 4.11. The quantitative estimate of drug-likeness (QED) is 0.941. The number of halogens is 3. The lowest BCUT2D eigenvalue weighted by Crippen LogP contribution is -2.17. The lowest BCUT2D eigenvalue weighted by molar-refractivity contribution is -0.274. The first-order valence-corrected chi connectivity index (χ1v) is 5.86. The molecule has 1 N–H and O–H groups in total. The van der Waals surface area contributed by atoms with Crippen LogP contribution in [-0.2, 0) is 6.42 Å². The second-order valence-corrected chi connectivity index (χ2v) is 4.21. The summed E-state index contributed by atoms with van der Waals surface area (Å²) in [5.74, 6) is -1.40. The van der Waals surface area contributed by atoms with Gasteiger partial charge in [-0.2, -0.15) is 0 Å². The Hall–Kier alpha value is -2.57. The van der Waals surface area contributed by atoms with E-state index in [1.807, 2.05) is 0 Å². The van der Waals surface area contributed by atoms with Gasteiger partial charge < -0.3 is 9.84 Å². The van der Waals surface area contributed by atoms with E-state index < -0.39 is 12.3 Å². The zero-order chi connectivity index (χ0) is 15.5. The largest absolute Gasteiger partial charge is 0.573 e. The minimum Gasteiger partial charge on any atom is -0.478 e. The highest BCUT2D eigenvalue weighted by Crippen LogP contribution is 2.23. The van der Waals surface area contributed by atoms with Crippen LogP contribution in [0, 0.1) is 0 Å². The third-order valence-corrected chi connectivity index (χ3v) is 2.69. The first-order chi connectivity index (χ1) is 9.85. The minimum atomic E-state index is -4.73. The Balaban J connectivity index is 2.16. The Morgan fingerprint density at radius 1 is 1.19 bits per heavy atom. The Morgan fingerprint density at radius 3 is 2.43 bits per heavy atom. The van der Waals surface area contributed by atoms with Crippen LogP contribution in [0.25, 0.3) is 0 Å². The highest BCUT2D eigenvalue weighted by molar-refractivity contribution is 5.89. The van der Waals surface area contributed by atoms with Gasteiger partial charge in [0.2, 0.25) is 0 Å². The molecule has 0 aliphatic heterocycles. The number of ether oxygens (including phenoxy) is 1. The van der Waals surface area contributed by atoms with Crippen molar-refractivity contribution in [2.24, 2.45) is 0 Å². The number of benzene rings is 1. The van der Waals surface area contributed by atoms with Crippen LogP contribution >= 0.6 is 0 Å². The predicted molar refractivity (Wildman–Crippen MR) is 67.1 cm³/mol. The van der Waals surface area contributed by atoms with E-state index in [9.17, 15) is 18.0 Å². The van der Waals surface area contributed by atoms with Gasteiger partial charge in [-0.25, -0.2) is 4.79 Å². The molecule has 1 aromatic heterocycles. The highest BCUT2D eigenvalue weighted by atomic mass is 19.4. The standard InChI is InChI=1S/C14H10F3NO3/c15-14(16,17)21-11-3-1-9(2-4-11)7-10-8-18-6-5-12(10)13(19)20/h1-6,8H,7H2,(H,19,20). The van der Waals surface area contributed by atoms with Crippen molar-refractivity contribution in [2.45, 2.75) is 12.8 Å². The van der Waals surface area contributed by atoms with Gasteiger partial charge in [0.1, 0.15) is 5.75 Å². The maximum absolute atomic E-state index is 12.0. The maximum atomic E-state index is 12.0. The molecule has 0 aliphatic carbocycles. The molecule has 0 amide bonds. The average molecular weight is 297 g/mol. The Morgan fingerprint density at radius 2 is 1.86 bits per heavy atom. The van der Waals surface area contributed by atoms with E-state index in [-0.39, 0.29) is 17.7 Å².